The number of furan rings is 1. The lowest BCUT2D eigenvalue weighted by molar-refractivity contribution is -0.117. The van der Waals surface area contributed by atoms with Crippen molar-refractivity contribution in [1.82, 2.24) is 5.32 Å². The highest BCUT2D eigenvalue weighted by molar-refractivity contribution is 5.92. The predicted molar refractivity (Wildman–Crippen MR) is 88.3 cm³/mol. The van der Waals surface area contributed by atoms with Crippen LogP contribution in [0.4, 0.5) is 0 Å². The number of methoxy groups -OCH3 is 1. The van der Waals surface area contributed by atoms with Crippen molar-refractivity contribution in [2.24, 2.45) is 0 Å². The minimum atomic E-state index is -0.215. The standard InChI is InChI=1S/C18H19NO5/c1-12(14-4-3-7-22-14)19-17(20)6-5-13-10-15(21-2)18-16(11-13)23-8-9-24-18/h3-7,10-12H,8-9H2,1-2H3,(H,19,20)/b6-5+. The summed E-state index contributed by atoms with van der Waals surface area (Å²) in [7, 11) is 1.57. The Morgan fingerprint density at radius 2 is 2.17 bits per heavy atom. The zero-order chi connectivity index (χ0) is 16.9. The molecule has 1 aromatic heterocycles. The van der Waals surface area contributed by atoms with Gasteiger partial charge in [-0.05, 0) is 42.8 Å². The van der Waals surface area contributed by atoms with E-state index < -0.39 is 0 Å². The average molecular weight is 329 g/mol. The molecule has 24 heavy (non-hydrogen) atoms. The summed E-state index contributed by atoms with van der Waals surface area (Å²) < 4.78 is 21.7. The molecule has 2 heterocycles. The molecule has 1 aliphatic rings. The Morgan fingerprint density at radius 1 is 1.33 bits per heavy atom. The van der Waals surface area contributed by atoms with E-state index in [1.165, 1.54) is 6.08 Å². The molecule has 1 aromatic carbocycles. The van der Waals surface area contributed by atoms with Crippen LogP contribution in [0.3, 0.4) is 0 Å². The minimum absolute atomic E-state index is 0.202. The van der Waals surface area contributed by atoms with Crippen LogP contribution in [-0.4, -0.2) is 26.2 Å². The Morgan fingerprint density at radius 3 is 2.92 bits per heavy atom. The van der Waals surface area contributed by atoms with Crippen LogP contribution >= 0.6 is 0 Å². The molecule has 0 bridgehead atoms. The van der Waals surface area contributed by atoms with Gasteiger partial charge in [-0.1, -0.05) is 0 Å². The van der Waals surface area contributed by atoms with Gasteiger partial charge in [-0.3, -0.25) is 4.79 Å². The molecular weight excluding hydrogens is 310 g/mol. The van der Waals surface area contributed by atoms with E-state index in [0.29, 0.717) is 36.2 Å². The molecule has 0 radical (unpaired) electrons. The maximum atomic E-state index is 12.0. The normalized spacial score (nSPS) is 14.4. The molecule has 1 aliphatic heterocycles. The molecule has 6 nitrogen and oxygen atoms in total. The first-order chi connectivity index (χ1) is 11.7. The molecular formula is C18H19NO5. The van der Waals surface area contributed by atoms with Gasteiger partial charge in [0.05, 0.1) is 19.4 Å². The summed E-state index contributed by atoms with van der Waals surface area (Å²) in [4.78, 5) is 12.0. The van der Waals surface area contributed by atoms with Gasteiger partial charge in [0.2, 0.25) is 11.7 Å². The molecule has 6 heteroatoms. The fraction of sp³-hybridized carbons (Fsp3) is 0.278. The molecule has 1 amide bonds. The van der Waals surface area contributed by atoms with Gasteiger partial charge in [0, 0.05) is 6.08 Å². The summed E-state index contributed by atoms with van der Waals surface area (Å²) in [5.74, 6) is 2.28. The van der Waals surface area contributed by atoms with Crippen molar-refractivity contribution < 1.29 is 23.4 Å². The third kappa shape index (κ3) is 3.53. The molecule has 126 valence electrons. The summed E-state index contributed by atoms with van der Waals surface area (Å²) in [5.41, 5.74) is 0.789. The number of carbonyl (C=O) groups excluding carboxylic acids is 1. The van der Waals surface area contributed by atoms with Gasteiger partial charge < -0.3 is 23.9 Å². The van der Waals surface area contributed by atoms with Crippen LogP contribution in [0.25, 0.3) is 6.08 Å². The quantitative estimate of drug-likeness (QED) is 0.854. The highest BCUT2D eigenvalue weighted by Crippen LogP contribution is 2.40. The van der Waals surface area contributed by atoms with E-state index in [9.17, 15) is 4.79 Å². The summed E-state index contributed by atoms with van der Waals surface area (Å²) >= 11 is 0. The first-order valence-electron chi connectivity index (χ1n) is 7.67. The molecule has 0 aliphatic carbocycles. The Bertz CT molecular complexity index is 719. The van der Waals surface area contributed by atoms with E-state index in [1.807, 2.05) is 19.1 Å². The number of ether oxygens (including phenoxy) is 3. The van der Waals surface area contributed by atoms with Gasteiger partial charge in [0.15, 0.2) is 11.5 Å². The first-order valence-corrected chi connectivity index (χ1v) is 7.67. The van der Waals surface area contributed by atoms with E-state index in [-0.39, 0.29) is 11.9 Å². The van der Waals surface area contributed by atoms with E-state index in [0.717, 1.165) is 5.56 Å². The van der Waals surface area contributed by atoms with Crippen molar-refractivity contribution in [3.05, 3.63) is 47.9 Å². The van der Waals surface area contributed by atoms with E-state index in [4.69, 9.17) is 18.6 Å². The Hall–Kier alpha value is -2.89. The largest absolute Gasteiger partial charge is 0.493 e. The van der Waals surface area contributed by atoms with Gasteiger partial charge in [0.1, 0.15) is 19.0 Å². The summed E-state index contributed by atoms with van der Waals surface area (Å²) in [5, 5.41) is 2.84. The SMILES string of the molecule is COc1cc(/C=C/C(=O)NC(C)c2ccco2)cc2c1OCCO2. The fourth-order valence-corrected chi connectivity index (χ4v) is 2.43. The van der Waals surface area contributed by atoms with Crippen LogP contribution in [0.5, 0.6) is 17.2 Å². The second-order valence-corrected chi connectivity index (χ2v) is 5.33. The Kier molecular flexibility index (Phi) is 4.74. The number of amides is 1. The maximum Gasteiger partial charge on any atom is 0.244 e. The van der Waals surface area contributed by atoms with Crippen LogP contribution in [0, 0.1) is 0 Å². The van der Waals surface area contributed by atoms with Crippen LogP contribution in [0.15, 0.2) is 41.0 Å². The first kappa shape index (κ1) is 16.0. The van der Waals surface area contributed by atoms with Crippen LogP contribution in [0.1, 0.15) is 24.3 Å². The number of hydrogen-bond donors (Lipinski definition) is 1. The number of carbonyl (C=O) groups is 1. The summed E-state index contributed by atoms with van der Waals surface area (Å²) in [6, 6.07) is 7.02. The molecule has 1 N–H and O–H groups in total. The lowest BCUT2D eigenvalue weighted by Crippen LogP contribution is -2.24. The van der Waals surface area contributed by atoms with Crippen molar-refractivity contribution in [1.29, 1.82) is 0 Å². The van der Waals surface area contributed by atoms with Gasteiger partial charge in [-0.15, -0.1) is 0 Å². The topological polar surface area (TPSA) is 69.9 Å². The van der Waals surface area contributed by atoms with E-state index in [1.54, 1.807) is 31.6 Å². The van der Waals surface area contributed by atoms with Gasteiger partial charge >= 0.3 is 0 Å². The number of hydrogen-bond acceptors (Lipinski definition) is 5. The fourth-order valence-electron chi connectivity index (χ4n) is 2.43. The predicted octanol–water partition coefficient (Wildman–Crippen LogP) is 2.95. The second kappa shape index (κ2) is 7.12. The van der Waals surface area contributed by atoms with Gasteiger partial charge in [0.25, 0.3) is 0 Å². The molecule has 0 saturated carbocycles. The van der Waals surface area contributed by atoms with E-state index in [2.05, 4.69) is 5.32 Å². The van der Waals surface area contributed by atoms with Crippen molar-refractivity contribution in [3.63, 3.8) is 0 Å². The van der Waals surface area contributed by atoms with Crippen LogP contribution in [0.2, 0.25) is 0 Å². The Balaban J connectivity index is 1.70. The van der Waals surface area contributed by atoms with Gasteiger partial charge in [-0.25, -0.2) is 0 Å². The summed E-state index contributed by atoms with van der Waals surface area (Å²) in [6.45, 7) is 2.84. The molecule has 0 saturated heterocycles. The van der Waals surface area contributed by atoms with Crippen molar-refractivity contribution >= 4 is 12.0 Å². The van der Waals surface area contributed by atoms with Crippen molar-refractivity contribution in [2.75, 3.05) is 20.3 Å². The summed E-state index contributed by atoms with van der Waals surface area (Å²) in [6.07, 6.45) is 4.74. The third-order valence-electron chi connectivity index (χ3n) is 3.61. The molecule has 1 unspecified atom stereocenters. The number of rotatable bonds is 5. The zero-order valence-corrected chi connectivity index (χ0v) is 13.6. The smallest absolute Gasteiger partial charge is 0.244 e. The molecule has 2 aromatic rings. The van der Waals surface area contributed by atoms with Crippen molar-refractivity contribution in [2.45, 2.75) is 13.0 Å². The van der Waals surface area contributed by atoms with E-state index >= 15 is 0 Å². The lowest BCUT2D eigenvalue weighted by Gasteiger charge is -2.20. The third-order valence-corrected chi connectivity index (χ3v) is 3.61. The number of nitrogens with one attached hydrogen (secondary N) is 1. The number of fused-ring (bicyclic) bond motifs is 1. The molecule has 3 rings (SSSR count). The molecule has 1 atom stereocenters. The minimum Gasteiger partial charge on any atom is -0.493 e. The second-order valence-electron chi connectivity index (χ2n) is 5.33. The number of benzene rings is 1. The highest BCUT2D eigenvalue weighted by Gasteiger charge is 2.18. The highest BCUT2D eigenvalue weighted by atomic mass is 16.6. The Labute approximate surface area is 140 Å². The maximum absolute atomic E-state index is 12.0. The molecule has 0 spiro atoms. The monoisotopic (exact) mass is 329 g/mol. The lowest BCUT2D eigenvalue weighted by atomic mass is 10.1. The van der Waals surface area contributed by atoms with Gasteiger partial charge in [-0.2, -0.15) is 0 Å². The van der Waals surface area contributed by atoms with Crippen LogP contribution < -0.4 is 19.5 Å². The molecule has 0 fully saturated rings. The van der Waals surface area contributed by atoms with Crippen LogP contribution in [-0.2, 0) is 4.79 Å². The van der Waals surface area contributed by atoms with Crippen molar-refractivity contribution in [3.8, 4) is 17.2 Å². The zero-order valence-electron chi connectivity index (χ0n) is 13.6. The average Bonchev–Trinajstić information content (AvgIpc) is 3.14.